The molecule has 6 nitrogen and oxygen atoms in total. The predicted molar refractivity (Wildman–Crippen MR) is 111 cm³/mol. The zero-order valence-corrected chi connectivity index (χ0v) is 18.1. The zero-order chi connectivity index (χ0) is 21.9. The van der Waals surface area contributed by atoms with E-state index in [1.54, 1.807) is 32.2 Å². The molecular formula is C21H21FN2O4S2. The highest BCUT2D eigenvalue weighted by atomic mass is 32.2. The van der Waals surface area contributed by atoms with Crippen LogP contribution in [0.1, 0.15) is 16.8 Å². The molecule has 2 aromatic carbocycles. The van der Waals surface area contributed by atoms with Gasteiger partial charge in [0.25, 0.3) is 0 Å². The van der Waals surface area contributed by atoms with Gasteiger partial charge in [-0.3, -0.25) is 4.98 Å². The van der Waals surface area contributed by atoms with E-state index in [1.165, 1.54) is 6.07 Å². The molecule has 1 N–H and O–H groups in total. The number of sulfone groups is 1. The Balaban J connectivity index is 1.93. The minimum Gasteiger partial charge on any atom is -0.261 e. The number of aromatic nitrogens is 1. The summed E-state index contributed by atoms with van der Waals surface area (Å²) in [5.74, 6) is -0.560. The summed E-state index contributed by atoms with van der Waals surface area (Å²) in [7, 11) is -7.97. The van der Waals surface area contributed by atoms with E-state index in [1.807, 2.05) is 6.07 Å². The van der Waals surface area contributed by atoms with Gasteiger partial charge < -0.3 is 0 Å². The van der Waals surface area contributed by atoms with Crippen molar-refractivity contribution in [1.29, 1.82) is 0 Å². The molecule has 0 bridgehead atoms. The number of hydrogen-bond donors (Lipinski definition) is 1. The van der Waals surface area contributed by atoms with E-state index in [-0.39, 0.29) is 21.2 Å². The van der Waals surface area contributed by atoms with Gasteiger partial charge in [-0.1, -0.05) is 12.1 Å². The number of hydrogen-bond acceptors (Lipinski definition) is 5. The lowest BCUT2D eigenvalue weighted by atomic mass is 10.2. The quantitative estimate of drug-likeness (QED) is 0.561. The Morgan fingerprint density at radius 1 is 0.900 bits per heavy atom. The van der Waals surface area contributed by atoms with Crippen LogP contribution in [-0.4, -0.2) is 28.4 Å². The van der Waals surface area contributed by atoms with Gasteiger partial charge >= 0.3 is 0 Å². The number of nitrogens with zero attached hydrogens (tertiary/aromatic N) is 1. The van der Waals surface area contributed by atoms with Crippen LogP contribution in [-0.2, 0) is 26.3 Å². The van der Waals surface area contributed by atoms with E-state index >= 15 is 0 Å². The first-order valence-electron chi connectivity index (χ1n) is 9.13. The average molecular weight is 449 g/mol. The Morgan fingerprint density at radius 2 is 1.57 bits per heavy atom. The second-order valence-corrected chi connectivity index (χ2v) is 10.5. The molecular weight excluding hydrogens is 427 g/mol. The third-order valence-electron chi connectivity index (χ3n) is 4.57. The number of halogens is 1. The fraction of sp³-hybridized carbons (Fsp3) is 0.190. The van der Waals surface area contributed by atoms with Crippen LogP contribution in [0.4, 0.5) is 4.39 Å². The largest absolute Gasteiger partial charge is 0.261 e. The number of aryl methyl sites for hydroxylation is 2. The normalized spacial score (nSPS) is 12.1. The van der Waals surface area contributed by atoms with Gasteiger partial charge in [-0.15, -0.1) is 0 Å². The summed E-state index contributed by atoms with van der Waals surface area (Å²) in [6.45, 7) is 3.32. The van der Waals surface area contributed by atoms with Crippen molar-refractivity contribution < 1.29 is 21.2 Å². The van der Waals surface area contributed by atoms with Gasteiger partial charge in [0.15, 0.2) is 0 Å². The number of rotatable bonds is 7. The van der Waals surface area contributed by atoms with Crippen LogP contribution in [0.5, 0.6) is 0 Å². The molecule has 1 aromatic heterocycles. The summed E-state index contributed by atoms with van der Waals surface area (Å²) in [6, 6.07) is 12.5. The van der Waals surface area contributed by atoms with E-state index in [0.29, 0.717) is 17.5 Å². The molecule has 3 aromatic rings. The Morgan fingerprint density at radius 3 is 2.20 bits per heavy atom. The molecule has 0 aliphatic rings. The van der Waals surface area contributed by atoms with Crippen LogP contribution in [0.25, 0.3) is 0 Å². The maximum atomic E-state index is 13.2. The van der Waals surface area contributed by atoms with Crippen LogP contribution in [0.15, 0.2) is 75.5 Å². The van der Waals surface area contributed by atoms with Crippen molar-refractivity contribution in [3.8, 4) is 0 Å². The van der Waals surface area contributed by atoms with Crippen LogP contribution >= 0.6 is 0 Å². The van der Waals surface area contributed by atoms with Crippen LogP contribution < -0.4 is 4.72 Å². The Bertz CT molecular complexity index is 1260. The summed E-state index contributed by atoms with van der Waals surface area (Å²) in [5.41, 5.74) is 1.57. The number of benzene rings is 2. The van der Waals surface area contributed by atoms with Crippen molar-refractivity contribution in [2.24, 2.45) is 0 Å². The third-order valence-corrected chi connectivity index (χ3v) is 8.09. The lowest BCUT2D eigenvalue weighted by Crippen LogP contribution is -2.27. The Labute approximate surface area is 175 Å². The smallest absolute Gasteiger partial charge is 0.240 e. The Hall–Kier alpha value is -2.62. The zero-order valence-electron chi connectivity index (χ0n) is 16.5. The highest BCUT2D eigenvalue weighted by Gasteiger charge is 2.25. The first kappa shape index (κ1) is 22.1. The summed E-state index contributed by atoms with van der Waals surface area (Å²) in [4.78, 5) is 3.79. The maximum Gasteiger partial charge on any atom is 0.240 e. The molecule has 9 heteroatoms. The molecule has 0 aliphatic carbocycles. The van der Waals surface area contributed by atoms with Crippen LogP contribution in [0.2, 0.25) is 0 Å². The average Bonchev–Trinajstić information content (AvgIpc) is 2.68. The first-order chi connectivity index (χ1) is 14.1. The van der Waals surface area contributed by atoms with Crippen LogP contribution in [0, 0.1) is 19.7 Å². The highest BCUT2D eigenvalue weighted by molar-refractivity contribution is 7.91. The van der Waals surface area contributed by atoms with Gasteiger partial charge in [0.05, 0.1) is 14.7 Å². The van der Waals surface area contributed by atoms with Gasteiger partial charge in [-0.2, -0.15) is 0 Å². The number of sulfonamides is 1. The van der Waals surface area contributed by atoms with E-state index < -0.39 is 25.7 Å². The van der Waals surface area contributed by atoms with Gasteiger partial charge in [0, 0.05) is 24.9 Å². The molecule has 1 heterocycles. The molecule has 0 unspecified atom stereocenters. The number of pyridine rings is 1. The molecule has 3 rings (SSSR count). The molecule has 0 spiro atoms. The molecule has 0 atom stereocenters. The molecule has 0 radical (unpaired) electrons. The van der Waals surface area contributed by atoms with Crippen molar-refractivity contribution in [3.63, 3.8) is 0 Å². The molecule has 0 aliphatic heterocycles. The third kappa shape index (κ3) is 4.75. The first-order valence-corrected chi connectivity index (χ1v) is 12.1. The molecule has 0 amide bonds. The molecule has 0 fully saturated rings. The SMILES string of the molecule is Cc1cc(C)c(S(=O)(=O)c2ccc(F)cc2)cc1S(=O)(=O)NCCc1ccccn1. The lowest BCUT2D eigenvalue weighted by molar-refractivity contribution is 0.580. The van der Waals surface area contributed by atoms with E-state index in [2.05, 4.69) is 9.71 Å². The van der Waals surface area contributed by atoms with Crippen molar-refractivity contribution in [2.75, 3.05) is 6.54 Å². The molecule has 0 saturated heterocycles. The van der Waals surface area contributed by atoms with Gasteiger partial charge in [0.2, 0.25) is 19.9 Å². The van der Waals surface area contributed by atoms with Crippen molar-refractivity contribution in [1.82, 2.24) is 9.71 Å². The minimum atomic E-state index is -4.02. The fourth-order valence-corrected chi connectivity index (χ4v) is 5.93. The molecule has 158 valence electrons. The topological polar surface area (TPSA) is 93.2 Å². The monoisotopic (exact) mass is 448 g/mol. The maximum absolute atomic E-state index is 13.2. The second kappa shape index (κ2) is 8.63. The number of nitrogens with one attached hydrogen (secondary N) is 1. The summed E-state index contributed by atoms with van der Waals surface area (Å²) in [5, 5.41) is 0. The molecule has 30 heavy (non-hydrogen) atoms. The fourth-order valence-electron chi connectivity index (χ4n) is 3.07. The molecule has 0 saturated carbocycles. The highest BCUT2D eigenvalue weighted by Crippen LogP contribution is 2.28. The van der Waals surface area contributed by atoms with Crippen molar-refractivity contribution >= 4 is 19.9 Å². The van der Waals surface area contributed by atoms with Crippen molar-refractivity contribution in [2.45, 2.75) is 35.0 Å². The second-order valence-electron chi connectivity index (χ2n) is 6.81. The lowest BCUT2D eigenvalue weighted by Gasteiger charge is -2.14. The van der Waals surface area contributed by atoms with Gasteiger partial charge in [-0.05, 0) is 67.4 Å². The van der Waals surface area contributed by atoms with Crippen LogP contribution in [0.3, 0.4) is 0 Å². The predicted octanol–water partition coefficient (Wildman–Crippen LogP) is 3.19. The van der Waals surface area contributed by atoms with Gasteiger partial charge in [-0.25, -0.2) is 25.9 Å². The van der Waals surface area contributed by atoms with Crippen molar-refractivity contribution in [3.05, 3.63) is 83.4 Å². The summed E-state index contributed by atoms with van der Waals surface area (Å²) < 4.78 is 67.4. The van der Waals surface area contributed by atoms with Gasteiger partial charge in [0.1, 0.15) is 5.82 Å². The standard InChI is InChI=1S/C21H21FN2O4S2/c1-15-13-16(2)21(30(27,28)24-12-10-18-5-3-4-11-23-18)14-20(15)29(25,26)19-8-6-17(22)7-9-19/h3-9,11,13-14,24H,10,12H2,1-2H3. The van der Waals surface area contributed by atoms with E-state index in [0.717, 1.165) is 36.0 Å². The minimum absolute atomic E-state index is 0.109. The van der Waals surface area contributed by atoms with E-state index in [4.69, 9.17) is 0 Å². The summed E-state index contributed by atoms with van der Waals surface area (Å²) >= 11 is 0. The summed E-state index contributed by atoms with van der Waals surface area (Å²) in [6.07, 6.45) is 2.02. The van der Waals surface area contributed by atoms with E-state index in [9.17, 15) is 21.2 Å². The Kier molecular flexibility index (Phi) is 6.35.